The van der Waals surface area contributed by atoms with E-state index in [9.17, 15) is 24.6 Å². The Bertz CT molecular complexity index is 858. The minimum atomic E-state index is -1.39. The third-order valence-corrected chi connectivity index (χ3v) is 8.95. The van der Waals surface area contributed by atoms with Gasteiger partial charge >= 0.3 is 5.97 Å². The standard InChI is InChI=1S/C25H34O6/c1-4-5-21(30)31-25(20(29)14-26)11-9-18-17-7-6-15-12-16(27)8-10-23(15,2)22(17)19(28)13-24(18,25)3/h8,10,12,17-19,22,26,28H,4-7,9,11,13-14H2,1-3H3/t17-,18-,19-,22+,23-,24-,25-/m0/s1. The maximum atomic E-state index is 13.1. The van der Waals surface area contributed by atoms with E-state index in [-0.39, 0.29) is 35.4 Å². The van der Waals surface area contributed by atoms with E-state index in [4.69, 9.17) is 4.74 Å². The lowest BCUT2D eigenvalue weighted by molar-refractivity contribution is -0.200. The van der Waals surface area contributed by atoms with Crippen LogP contribution in [0.5, 0.6) is 0 Å². The topological polar surface area (TPSA) is 101 Å². The third kappa shape index (κ3) is 3.09. The number of aliphatic hydroxyl groups is 2. The molecule has 2 N–H and O–H groups in total. The minimum absolute atomic E-state index is 0.00248. The lowest BCUT2D eigenvalue weighted by atomic mass is 9.46. The highest BCUT2D eigenvalue weighted by atomic mass is 16.6. The van der Waals surface area contributed by atoms with Crippen molar-refractivity contribution in [2.75, 3.05) is 6.61 Å². The van der Waals surface area contributed by atoms with Gasteiger partial charge in [0.25, 0.3) is 0 Å². The van der Waals surface area contributed by atoms with Crippen LogP contribution in [0.25, 0.3) is 0 Å². The molecular weight excluding hydrogens is 396 g/mol. The summed E-state index contributed by atoms with van der Waals surface area (Å²) in [4.78, 5) is 37.5. The summed E-state index contributed by atoms with van der Waals surface area (Å²) in [6, 6.07) is 0. The van der Waals surface area contributed by atoms with Crippen molar-refractivity contribution in [3.05, 3.63) is 23.8 Å². The number of ether oxygens (including phenoxy) is 1. The number of rotatable bonds is 5. The summed E-state index contributed by atoms with van der Waals surface area (Å²) >= 11 is 0. The van der Waals surface area contributed by atoms with Gasteiger partial charge in [-0.1, -0.05) is 32.4 Å². The quantitative estimate of drug-likeness (QED) is 0.651. The predicted molar refractivity (Wildman–Crippen MR) is 114 cm³/mol. The number of carbonyl (C=O) groups excluding carboxylic acids is 3. The molecule has 4 rings (SSSR count). The summed E-state index contributed by atoms with van der Waals surface area (Å²) in [5, 5.41) is 21.2. The maximum absolute atomic E-state index is 13.1. The van der Waals surface area contributed by atoms with Crippen LogP contribution in [0.4, 0.5) is 0 Å². The monoisotopic (exact) mass is 430 g/mol. The van der Waals surface area contributed by atoms with Crippen molar-refractivity contribution in [1.82, 2.24) is 0 Å². The molecule has 0 radical (unpaired) electrons. The Hall–Kier alpha value is -1.79. The average molecular weight is 431 g/mol. The summed E-state index contributed by atoms with van der Waals surface area (Å²) < 4.78 is 5.91. The maximum Gasteiger partial charge on any atom is 0.306 e. The van der Waals surface area contributed by atoms with E-state index in [1.165, 1.54) is 0 Å². The molecule has 0 aromatic carbocycles. The van der Waals surface area contributed by atoms with Crippen LogP contribution in [0.15, 0.2) is 23.8 Å². The van der Waals surface area contributed by atoms with E-state index >= 15 is 0 Å². The van der Waals surface area contributed by atoms with Gasteiger partial charge in [-0.3, -0.25) is 14.4 Å². The van der Waals surface area contributed by atoms with Gasteiger partial charge in [-0.15, -0.1) is 0 Å². The number of hydrogen-bond donors (Lipinski definition) is 2. The minimum Gasteiger partial charge on any atom is -0.450 e. The fraction of sp³-hybridized carbons (Fsp3) is 0.720. The second-order valence-corrected chi connectivity index (χ2v) is 10.4. The fourth-order valence-corrected chi connectivity index (χ4v) is 7.57. The van der Waals surface area contributed by atoms with Gasteiger partial charge < -0.3 is 14.9 Å². The predicted octanol–water partition coefficient (Wildman–Crippen LogP) is 2.91. The van der Waals surface area contributed by atoms with Crippen molar-refractivity contribution in [3.63, 3.8) is 0 Å². The largest absolute Gasteiger partial charge is 0.450 e. The molecule has 0 aliphatic heterocycles. The van der Waals surface area contributed by atoms with Crippen LogP contribution in [0, 0.1) is 28.6 Å². The first-order valence-corrected chi connectivity index (χ1v) is 11.6. The van der Waals surface area contributed by atoms with Gasteiger partial charge in [-0.2, -0.15) is 0 Å². The van der Waals surface area contributed by atoms with Crippen molar-refractivity contribution in [2.45, 2.75) is 77.4 Å². The first-order valence-electron chi connectivity index (χ1n) is 11.6. The first kappa shape index (κ1) is 22.4. The molecule has 3 saturated carbocycles. The van der Waals surface area contributed by atoms with Crippen LogP contribution < -0.4 is 0 Å². The Balaban J connectivity index is 1.73. The Labute approximate surface area is 183 Å². The van der Waals surface area contributed by atoms with E-state index in [1.54, 1.807) is 12.2 Å². The van der Waals surface area contributed by atoms with E-state index in [1.807, 2.05) is 19.9 Å². The summed E-state index contributed by atoms with van der Waals surface area (Å²) in [5.41, 5.74) is -1.43. The number of esters is 1. The van der Waals surface area contributed by atoms with Crippen LogP contribution in [0.1, 0.15) is 65.7 Å². The number of hydrogen-bond acceptors (Lipinski definition) is 6. The molecule has 0 aromatic heterocycles. The highest BCUT2D eigenvalue weighted by Crippen LogP contribution is 2.67. The van der Waals surface area contributed by atoms with Crippen molar-refractivity contribution >= 4 is 17.5 Å². The fourth-order valence-electron chi connectivity index (χ4n) is 7.57. The molecule has 4 aliphatic rings. The van der Waals surface area contributed by atoms with E-state index < -0.39 is 35.5 Å². The van der Waals surface area contributed by atoms with Crippen LogP contribution >= 0.6 is 0 Å². The molecule has 0 amide bonds. The molecule has 6 heteroatoms. The lowest BCUT2D eigenvalue weighted by Crippen LogP contribution is -2.63. The van der Waals surface area contributed by atoms with E-state index in [0.717, 1.165) is 18.4 Å². The molecule has 0 bridgehead atoms. The number of fused-ring (bicyclic) bond motifs is 5. The first-order chi connectivity index (χ1) is 14.6. The van der Waals surface area contributed by atoms with Gasteiger partial charge in [0.05, 0.1) is 6.10 Å². The molecule has 0 heterocycles. The molecule has 0 spiro atoms. The summed E-state index contributed by atoms with van der Waals surface area (Å²) in [7, 11) is 0. The number of Topliss-reactive ketones (excluding diaryl/α,β-unsaturated/α-hetero) is 1. The van der Waals surface area contributed by atoms with Gasteiger partial charge in [0.1, 0.15) is 6.61 Å². The van der Waals surface area contributed by atoms with E-state index in [2.05, 4.69) is 6.92 Å². The van der Waals surface area contributed by atoms with Gasteiger partial charge in [0.2, 0.25) is 5.78 Å². The number of ketones is 2. The second-order valence-electron chi connectivity index (χ2n) is 10.4. The Morgan fingerprint density at radius 1 is 1.26 bits per heavy atom. The molecule has 4 aliphatic carbocycles. The number of allylic oxidation sites excluding steroid dienone is 4. The second kappa shape index (κ2) is 7.66. The molecule has 3 fully saturated rings. The summed E-state index contributed by atoms with van der Waals surface area (Å²) in [5.74, 6) is -0.698. The van der Waals surface area contributed by atoms with Crippen molar-refractivity contribution in [1.29, 1.82) is 0 Å². The van der Waals surface area contributed by atoms with Crippen molar-refractivity contribution < 1.29 is 29.3 Å². The van der Waals surface area contributed by atoms with Gasteiger partial charge in [0.15, 0.2) is 11.4 Å². The van der Waals surface area contributed by atoms with Crippen LogP contribution in [-0.2, 0) is 19.1 Å². The van der Waals surface area contributed by atoms with Crippen molar-refractivity contribution in [2.24, 2.45) is 28.6 Å². The van der Waals surface area contributed by atoms with E-state index in [0.29, 0.717) is 25.7 Å². The number of carbonyl (C=O) groups is 3. The van der Waals surface area contributed by atoms with Gasteiger partial charge in [0, 0.05) is 23.2 Å². The Kier molecular flexibility index (Phi) is 5.54. The highest BCUT2D eigenvalue weighted by Gasteiger charge is 2.70. The van der Waals surface area contributed by atoms with Crippen LogP contribution in [0.2, 0.25) is 0 Å². The average Bonchev–Trinajstić information content (AvgIpc) is 3.00. The molecule has 0 unspecified atom stereocenters. The molecule has 170 valence electrons. The lowest BCUT2D eigenvalue weighted by Gasteiger charge is -2.59. The van der Waals surface area contributed by atoms with Gasteiger partial charge in [-0.05, 0) is 62.5 Å². The molecule has 6 nitrogen and oxygen atoms in total. The SMILES string of the molecule is CCCC(=O)O[C@]1(C(=O)CO)CC[C@H]2[C@@H]3CCC4=CC(=O)C=C[C@]4(C)[C@H]3[C@@H](O)C[C@@]21C. The highest BCUT2D eigenvalue weighted by molar-refractivity contribution is 6.01. The Morgan fingerprint density at radius 3 is 2.68 bits per heavy atom. The Morgan fingerprint density at radius 2 is 2.00 bits per heavy atom. The van der Waals surface area contributed by atoms with Crippen molar-refractivity contribution in [3.8, 4) is 0 Å². The zero-order chi connectivity index (χ0) is 22.6. The molecule has 0 aromatic rings. The molecular formula is C25H34O6. The zero-order valence-corrected chi connectivity index (χ0v) is 18.7. The summed E-state index contributed by atoms with van der Waals surface area (Å²) in [6.45, 7) is 5.27. The molecule has 0 saturated heterocycles. The molecule has 31 heavy (non-hydrogen) atoms. The summed E-state index contributed by atoms with van der Waals surface area (Å²) in [6.07, 6.45) is 8.46. The van der Waals surface area contributed by atoms with Gasteiger partial charge in [-0.25, -0.2) is 0 Å². The molecule has 7 atom stereocenters. The normalized spacial score (nSPS) is 43.5. The zero-order valence-electron chi connectivity index (χ0n) is 18.7. The third-order valence-electron chi connectivity index (χ3n) is 8.95. The van der Waals surface area contributed by atoms with Crippen LogP contribution in [-0.4, -0.2) is 46.1 Å². The number of aliphatic hydroxyl groups excluding tert-OH is 2. The smallest absolute Gasteiger partial charge is 0.306 e. The van der Waals surface area contributed by atoms with Crippen LogP contribution in [0.3, 0.4) is 0 Å².